The van der Waals surface area contributed by atoms with E-state index in [1.165, 1.54) is 12.3 Å². The Morgan fingerprint density at radius 2 is 2.20 bits per heavy atom. The normalized spacial score (nSPS) is 17.2. The minimum absolute atomic E-state index is 0.00575. The number of fused-ring (bicyclic) bond motifs is 1. The first-order valence-corrected chi connectivity index (χ1v) is 6.03. The van der Waals surface area contributed by atoms with Crippen LogP contribution in [0.15, 0.2) is 30.6 Å². The first kappa shape index (κ1) is 12.9. The number of hydrogen-bond acceptors (Lipinski definition) is 4. The van der Waals surface area contributed by atoms with Crippen molar-refractivity contribution in [3.63, 3.8) is 0 Å². The molecular weight excluding hydrogens is 270 g/mol. The lowest BCUT2D eigenvalue weighted by Gasteiger charge is -2.11. The molecule has 106 valence electrons. The lowest BCUT2D eigenvalue weighted by atomic mass is 10.2. The van der Waals surface area contributed by atoms with Gasteiger partial charge in [0.2, 0.25) is 0 Å². The maximum Gasteiger partial charge on any atom is 0.586 e. The number of imidazole rings is 1. The molecular formula is C13H12F2N2O3. The van der Waals surface area contributed by atoms with E-state index >= 15 is 0 Å². The van der Waals surface area contributed by atoms with E-state index in [4.69, 9.17) is 0 Å². The second-order valence-electron chi connectivity index (χ2n) is 4.50. The van der Waals surface area contributed by atoms with Crippen molar-refractivity contribution in [1.82, 2.24) is 9.55 Å². The van der Waals surface area contributed by atoms with Gasteiger partial charge in [-0.15, -0.1) is 8.78 Å². The van der Waals surface area contributed by atoms with Gasteiger partial charge in [-0.2, -0.15) is 0 Å². The molecule has 0 amide bonds. The van der Waals surface area contributed by atoms with Crippen LogP contribution in [0.3, 0.4) is 0 Å². The van der Waals surface area contributed by atoms with Crippen LogP contribution in [0.5, 0.6) is 11.5 Å². The van der Waals surface area contributed by atoms with Gasteiger partial charge < -0.3 is 19.1 Å². The molecule has 3 rings (SSSR count). The van der Waals surface area contributed by atoms with Crippen LogP contribution in [-0.4, -0.2) is 21.0 Å². The Bertz CT molecular complexity index is 640. The first-order chi connectivity index (χ1) is 9.46. The highest BCUT2D eigenvalue weighted by Gasteiger charge is 2.44. The second-order valence-corrected chi connectivity index (χ2v) is 4.50. The molecule has 1 aliphatic heterocycles. The smallest absolute Gasteiger partial charge is 0.395 e. The minimum Gasteiger partial charge on any atom is -0.395 e. The Hall–Kier alpha value is -2.15. The Morgan fingerprint density at radius 3 is 2.95 bits per heavy atom. The van der Waals surface area contributed by atoms with Crippen LogP contribution in [-0.2, 0) is 6.54 Å². The number of nitrogens with zero attached hydrogens (tertiary/aromatic N) is 2. The Kier molecular flexibility index (Phi) is 2.86. The van der Waals surface area contributed by atoms with Crippen molar-refractivity contribution < 1.29 is 23.4 Å². The van der Waals surface area contributed by atoms with Crippen LogP contribution in [0.4, 0.5) is 8.78 Å². The van der Waals surface area contributed by atoms with Crippen LogP contribution in [0.25, 0.3) is 0 Å². The zero-order valence-corrected chi connectivity index (χ0v) is 10.6. The zero-order chi connectivity index (χ0) is 14.3. The molecule has 1 unspecified atom stereocenters. The van der Waals surface area contributed by atoms with E-state index in [1.54, 1.807) is 29.8 Å². The van der Waals surface area contributed by atoms with E-state index in [2.05, 4.69) is 14.5 Å². The number of alkyl halides is 2. The molecule has 0 saturated heterocycles. The van der Waals surface area contributed by atoms with E-state index in [0.29, 0.717) is 11.4 Å². The number of rotatable bonds is 3. The summed E-state index contributed by atoms with van der Waals surface area (Å²) in [7, 11) is 0. The molecule has 1 aromatic heterocycles. The van der Waals surface area contributed by atoms with Crippen molar-refractivity contribution in [1.29, 1.82) is 0 Å². The summed E-state index contributed by atoms with van der Waals surface area (Å²) in [6.45, 7) is 1.84. The van der Waals surface area contributed by atoms with Crippen LogP contribution in [0.2, 0.25) is 0 Å². The molecule has 0 bridgehead atoms. The second kappa shape index (κ2) is 4.45. The van der Waals surface area contributed by atoms with Crippen molar-refractivity contribution >= 4 is 0 Å². The quantitative estimate of drug-likeness (QED) is 0.938. The van der Waals surface area contributed by atoms with Crippen LogP contribution < -0.4 is 9.47 Å². The number of benzene rings is 1. The molecule has 1 N–H and O–H groups in total. The summed E-state index contributed by atoms with van der Waals surface area (Å²) in [6, 6.07) is 4.69. The van der Waals surface area contributed by atoms with Gasteiger partial charge in [-0.1, -0.05) is 12.1 Å². The summed E-state index contributed by atoms with van der Waals surface area (Å²) in [4.78, 5) is 4.03. The van der Waals surface area contributed by atoms with Gasteiger partial charge in [-0.25, -0.2) is 4.98 Å². The summed E-state index contributed by atoms with van der Waals surface area (Å²) < 4.78 is 36.8. The van der Waals surface area contributed by atoms with Gasteiger partial charge >= 0.3 is 6.29 Å². The molecule has 20 heavy (non-hydrogen) atoms. The maximum atomic E-state index is 13.1. The van der Waals surface area contributed by atoms with E-state index in [0.717, 1.165) is 0 Å². The number of halogens is 2. The number of ether oxygens (including phenoxy) is 2. The molecule has 0 spiro atoms. The highest BCUT2D eigenvalue weighted by molar-refractivity contribution is 5.48. The maximum absolute atomic E-state index is 13.1. The SMILES string of the molecule is CC(O)c1nccn1Cc1cccc2c1OC(F)(F)O2. The molecule has 0 aliphatic carbocycles. The van der Waals surface area contributed by atoms with Crippen LogP contribution in [0.1, 0.15) is 24.4 Å². The van der Waals surface area contributed by atoms with Gasteiger partial charge in [-0.3, -0.25) is 0 Å². The van der Waals surface area contributed by atoms with Gasteiger partial charge in [0.25, 0.3) is 0 Å². The van der Waals surface area contributed by atoms with E-state index in [9.17, 15) is 13.9 Å². The summed E-state index contributed by atoms with van der Waals surface area (Å²) in [5.41, 5.74) is 0.527. The molecule has 2 heterocycles. The number of aliphatic hydroxyl groups excluding tert-OH is 1. The predicted molar refractivity (Wildman–Crippen MR) is 64.6 cm³/mol. The number of hydrogen-bond donors (Lipinski definition) is 1. The number of para-hydroxylation sites is 1. The largest absolute Gasteiger partial charge is 0.586 e. The van der Waals surface area contributed by atoms with E-state index in [-0.39, 0.29) is 18.0 Å². The Balaban J connectivity index is 1.94. The summed E-state index contributed by atoms with van der Waals surface area (Å²) in [5, 5.41) is 9.59. The molecule has 0 fully saturated rings. The topological polar surface area (TPSA) is 56.5 Å². The molecule has 7 heteroatoms. The van der Waals surface area contributed by atoms with Crippen molar-refractivity contribution in [2.45, 2.75) is 25.9 Å². The first-order valence-electron chi connectivity index (χ1n) is 6.03. The number of aliphatic hydroxyl groups is 1. The third kappa shape index (κ3) is 2.20. The molecule has 1 aliphatic rings. The fourth-order valence-corrected chi connectivity index (χ4v) is 2.16. The highest BCUT2D eigenvalue weighted by atomic mass is 19.3. The highest BCUT2D eigenvalue weighted by Crippen LogP contribution is 2.43. The van der Waals surface area contributed by atoms with Gasteiger partial charge in [0, 0.05) is 18.0 Å². The number of aromatic nitrogens is 2. The predicted octanol–water partition coefficient (Wildman–Crippen LogP) is 2.31. The third-order valence-corrected chi connectivity index (χ3v) is 2.97. The van der Waals surface area contributed by atoms with Gasteiger partial charge in [0.1, 0.15) is 11.9 Å². The molecule has 0 radical (unpaired) electrons. The molecule has 1 atom stereocenters. The standard InChI is InChI=1S/C13H12F2N2O3/c1-8(18)12-16-5-6-17(12)7-9-3-2-4-10-11(9)20-13(14,15)19-10/h2-6,8,18H,7H2,1H3. The third-order valence-electron chi connectivity index (χ3n) is 2.97. The van der Waals surface area contributed by atoms with Crippen LogP contribution >= 0.6 is 0 Å². The van der Waals surface area contributed by atoms with Gasteiger partial charge in [0.05, 0.1) is 6.54 Å². The van der Waals surface area contributed by atoms with Crippen molar-refractivity contribution in [2.75, 3.05) is 0 Å². The summed E-state index contributed by atoms with van der Waals surface area (Å²) in [5.74, 6) is 0.474. The van der Waals surface area contributed by atoms with Gasteiger partial charge in [0.15, 0.2) is 11.5 Å². The average molecular weight is 282 g/mol. The lowest BCUT2D eigenvalue weighted by Crippen LogP contribution is -2.26. The summed E-state index contributed by atoms with van der Waals surface area (Å²) in [6.07, 6.45) is -1.19. The minimum atomic E-state index is -3.64. The van der Waals surface area contributed by atoms with Crippen LogP contribution in [0, 0.1) is 0 Å². The van der Waals surface area contributed by atoms with Crippen molar-refractivity contribution in [3.05, 3.63) is 42.0 Å². The van der Waals surface area contributed by atoms with Crippen molar-refractivity contribution in [2.24, 2.45) is 0 Å². The van der Waals surface area contributed by atoms with E-state index < -0.39 is 12.4 Å². The van der Waals surface area contributed by atoms with Crippen molar-refractivity contribution in [3.8, 4) is 11.5 Å². The molecule has 2 aromatic rings. The fourth-order valence-electron chi connectivity index (χ4n) is 2.16. The zero-order valence-electron chi connectivity index (χ0n) is 10.6. The Morgan fingerprint density at radius 1 is 1.40 bits per heavy atom. The van der Waals surface area contributed by atoms with Gasteiger partial charge in [-0.05, 0) is 13.0 Å². The fraction of sp³-hybridized carbons (Fsp3) is 0.308. The average Bonchev–Trinajstić information content (AvgIpc) is 2.92. The lowest BCUT2D eigenvalue weighted by molar-refractivity contribution is -0.286. The van der Waals surface area contributed by atoms with E-state index in [1.807, 2.05) is 0 Å². The molecule has 1 aromatic carbocycles. The summed E-state index contributed by atoms with van der Waals surface area (Å²) >= 11 is 0. The molecule has 5 nitrogen and oxygen atoms in total. The molecule has 0 saturated carbocycles. The Labute approximate surface area is 113 Å². The monoisotopic (exact) mass is 282 g/mol.